The third-order valence-electron chi connectivity index (χ3n) is 1.19. The predicted molar refractivity (Wildman–Crippen MR) is 41.4 cm³/mol. The lowest BCUT2D eigenvalue weighted by molar-refractivity contribution is 0.302. The minimum absolute atomic E-state index is 0.0169. The van der Waals surface area contributed by atoms with Crippen LogP contribution in [-0.4, -0.2) is 18.8 Å². The highest BCUT2D eigenvalue weighted by Gasteiger charge is 1.95. The van der Waals surface area contributed by atoms with Crippen LogP contribution in [0.1, 0.15) is 5.76 Å². The molecular weight excluding hydrogens is 144 g/mol. The molecule has 1 heterocycles. The van der Waals surface area contributed by atoms with Gasteiger partial charge in [0.1, 0.15) is 5.76 Å². The molecule has 0 atom stereocenters. The van der Waals surface area contributed by atoms with Crippen molar-refractivity contribution in [3.63, 3.8) is 0 Å². The van der Waals surface area contributed by atoms with Crippen molar-refractivity contribution in [1.82, 2.24) is 0 Å². The summed E-state index contributed by atoms with van der Waals surface area (Å²) in [6, 6.07) is 3.49. The second-order valence-corrected chi connectivity index (χ2v) is 1.95. The zero-order valence-corrected chi connectivity index (χ0v) is 6.28. The molecule has 11 heavy (non-hydrogen) atoms. The van der Waals surface area contributed by atoms with Gasteiger partial charge in [-0.05, 0) is 12.1 Å². The van der Waals surface area contributed by atoms with Crippen LogP contribution < -0.4 is 4.74 Å². The zero-order valence-electron chi connectivity index (χ0n) is 6.28. The fourth-order valence-electron chi connectivity index (χ4n) is 0.703. The van der Waals surface area contributed by atoms with Gasteiger partial charge in [-0.15, -0.1) is 0 Å². The Morgan fingerprint density at radius 2 is 2.45 bits per heavy atom. The first-order valence-electron chi connectivity index (χ1n) is 3.28. The molecule has 0 aliphatic rings. The smallest absolute Gasteiger partial charge is 0.284 e. The molecule has 0 radical (unpaired) electrons. The van der Waals surface area contributed by atoms with Crippen molar-refractivity contribution in [2.24, 2.45) is 0 Å². The van der Waals surface area contributed by atoms with Crippen LogP contribution in [0.4, 0.5) is 0 Å². The molecule has 1 rings (SSSR count). The van der Waals surface area contributed by atoms with Gasteiger partial charge in [0, 0.05) is 6.07 Å². The molecule has 0 aliphatic heterocycles. The Bertz CT molecular complexity index is 237. The molecule has 3 heteroatoms. The Labute approximate surface area is 64.9 Å². The highest BCUT2D eigenvalue weighted by atomic mass is 16.6. The zero-order chi connectivity index (χ0) is 8.10. The highest BCUT2D eigenvalue weighted by Crippen LogP contribution is 2.15. The number of rotatable bonds is 3. The highest BCUT2D eigenvalue weighted by molar-refractivity contribution is 5.43. The fraction of sp³-hybridized carbons (Fsp3) is 0.250. The van der Waals surface area contributed by atoms with E-state index in [1.165, 1.54) is 0 Å². The summed E-state index contributed by atoms with van der Waals surface area (Å²) < 4.78 is 9.93. The standard InChI is InChI=1S/C8H10O3/c1-10-8-5-4-7(11-8)3-2-6-9/h2-5,9H,6H2,1H3/b3-2+. The van der Waals surface area contributed by atoms with E-state index in [-0.39, 0.29) is 6.61 Å². The van der Waals surface area contributed by atoms with Gasteiger partial charge < -0.3 is 14.3 Å². The number of hydrogen-bond donors (Lipinski definition) is 1. The van der Waals surface area contributed by atoms with Gasteiger partial charge in [0.15, 0.2) is 0 Å². The predicted octanol–water partition coefficient (Wildman–Crippen LogP) is 1.29. The molecule has 0 unspecified atom stereocenters. The molecule has 0 amide bonds. The summed E-state index contributed by atoms with van der Waals surface area (Å²) in [6.07, 6.45) is 3.28. The van der Waals surface area contributed by atoms with Crippen LogP contribution in [0, 0.1) is 0 Å². The van der Waals surface area contributed by atoms with Gasteiger partial charge in [0.2, 0.25) is 0 Å². The van der Waals surface area contributed by atoms with Gasteiger partial charge in [0.05, 0.1) is 13.7 Å². The number of ether oxygens (including phenoxy) is 1. The first-order valence-corrected chi connectivity index (χ1v) is 3.28. The van der Waals surface area contributed by atoms with Crippen LogP contribution in [0.3, 0.4) is 0 Å². The lowest BCUT2D eigenvalue weighted by Crippen LogP contribution is -1.75. The summed E-state index contributed by atoms with van der Waals surface area (Å²) >= 11 is 0. The van der Waals surface area contributed by atoms with Gasteiger partial charge in [-0.2, -0.15) is 0 Å². The van der Waals surface area contributed by atoms with Crippen molar-refractivity contribution in [1.29, 1.82) is 0 Å². The van der Waals surface area contributed by atoms with E-state index in [9.17, 15) is 0 Å². The van der Waals surface area contributed by atoms with Gasteiger partial charge in [-0.25, -0.2) is 0 Å². The summed E-state index contributed by atoms with van der Waals surface area (Å²) in [5.41, 5.74) is 0. The molecule has 0 saturated carbocycles. The van der Waals surface area contributed by atoms with Crippen molar-refractivity contribution in [3.8, 4) is 5.95 Å². The maximum absolute atomic E-state index is 8.43. The van der Waals surface area contributed by atoms with Crippen LogP contribution in [0.15, 0.2) is 22.6 Å². The van der Waals surface area contributed by atoms with E-state index in [0.29, 0.717) is 11.7 Å². The first-order chi connectivity index (χ1) is 5.36. The Hall–Kier alpha value is -1.22. The van der Waals surface area contributed by atoms with E-state index in [1.807, 2.05) is 0 Å². The lowest BCUT2D eigenvalue weighted by atomic mass is 10.4. The van der Waals surface area contributed by atoms with Crippen molar-refractivity contribution in [2.45, 2.75) is 0 Å². The Balaban J connectivity index is 2.65. The number of methoxy groups -OCH3 is 1. The quantitative estimate of drug-likeness (QED) is 0.713. The van der Waals surface area contributed by atoms with E-state index < -0.39 is 0 Å². The fourth-order valence-corrected chi connectivity index (χ4v) is 0.703. The molecule has 1 aromatic heterocycles. The Kier molecular flexibility index (Phi) is 2.74. The molecule has 0 fully saturated rings. The Morgan fingerprint density at radius 3 is 3.00 bits per heavy atom. The SMILES string of the molecule is COc1ccc(/C=C/CO)o1. The topological polar surface area (TPSA) is 42.6 Å². The number of furan rings is 1. The first kappa shape index (κ1) is 7.88. The van der Waals surface area contributed by atoms with Crippen LogP contribution >= 0.6 is 0 Å². The normalized spacial score (nSPS) is 10.7. The van der Waals surface area contributed by atoms with Crippen LogP contribution in [0.2, 0.25) is 0 Å². The van der Waals surface area contributed by atoms with E-state index >= 15 is 0 Å². The summed E-state index contributed by atoms with van der Waals surface area (Å²) in [5.74, 6) is 1.15. The van der Waals surface area contributed by atoms with Gasteiger partial charge in [0.25, 0.3) is 5.95 Å². The average molecular weight is 154 g/mol. The monoisotopic (exact) mass is 154 g/mol. The summed E-state index contributed by atoms with van der Waals surface area (Å²) in [4.78, 5) is 0. The molecule has 1 aromatic rings. The summed E-state index contributed by atoms with van der Waals surface area (Å²) in [6.45, 7) is 0.0169. The van der Waals surface area contributed by atoms with Crippen LogP contribution in [0.5, 0.6) is 5.95 Å². The molecule has 0 bridgehead atoms. The van der Waals surface area contributed by atoms with E-state index in [2.05, 4.69) is 0 Å². The van der Waals surface area contributed by atoms with Crippen molar-refractivity contribution < 1.29 is 14.3 Å². The van der Waals surface area contributed by atoms with Gasteiger partial charge >= 0.3 is 0 Å². The van der Waals surface area contributed by atoms with Crippen LogP contribution in [-0.2, 0) is 0 Å². The maximum atomic E-state index is 8.43. The number of aliphatic hydroxyl groups excluding tert-OH is 1. The molecule has 0 aliphatic carbocycles. The Morgan fingerprint density at radius 1 is 1.64 bits per heavy atom. The van der Waals surface area contributed by atoms with Crippen molar-refractivity contribution >= 4 is 6.08 Å². The van der Waals surface area contributed by atoms with Crippen molar-refractivity contribution in [2.75, 3.05) is 13.7 Å². The number of aliphatic hydroxyl groups is 1. The minimum Gasteiger partial charge on any atom is -0.468 e. The second-order valence-electron chi connectivity index (χ2n) is 1.95. The minimum atomic E-state index is 0.0169. The molecule has 0 spiro atoms. The molecule has 60 valence electrons. The molecule has 3 nitrogen and oxygen atoms in total. The van der Waals surface area contributed by atoms with Crippen molar-refractivity contribution in [3.05, 3.63) is 24.0 Å². The average Bonchev–Trinajstić information content (AvgIpc) is 2.48. The van der Waals surface area contributed by atoms with Crippen LogP contribution in [0.25, 0.3) is 6.08 Å². The van der Waals surface area contributed by atoms with E-state index in [0.717, 1.165) is 0 Å². The largest absolute Gasteiger partial charge is 0.468 e. The maximum Gasteiger partial charge on any atom is 0.284 e. The van der Waals surface area contributed by atoms with Gasteiger partial charge in [-0.3, -0.25) is 0 Å². The molecule has 0 saturated heterocycles. The molecular formula is C8H10O3. The van der Waals surface area contributed by atoms with E-state index in [4.69, 9.17) is 14.3 Å². The summed E-state index contributed by atoms with van der Waals surface area (Å²) in [5, 5.41) is 8.43. The van der Waals surface area contributed by atoms with Gasteiger partial charge in [-0.1, -0.05) is 6.08 Å². The third-order valence-corrected chi connectivity index (χ3v) is 1.19. The third kappa shape index (κ3) is 2.13. The lowest BCUT2D eigenvalue weighted by Gasteiger charge is -1.88. The molecule has 1 N–H and O–H groups in total. The van der Waals surface area contributed by atoms with E-state index in [1.54, 1.807) is 31.4 Å². The molecule has 0 aromatic carbocycles. The summed E-state index contributed by atoms with van der Waals surface area (Å²) in [7, 11) is 1.54. The second kappa shape index (κ2) is 3.83. The number of hydrogen-bond acceptors (Lipinski definition) is 3.